The third-order valence-electron chi connectivity index (χ3n) is 4.70. The highest BCUT2D eigenvalue weighted by Crippen LogP contribution is 2.31. The predicted octanol–water partition coefficient (Wildman–Crippen LogP) is 5.10. The molecule has 0 aliphatic heterocycles. The number of hydrogen-bond acceptors (Lipinski definition) is 7. The van der Waals surface area contributed by atoms with E-state index in [4.69, 9.17) is 11.0 Å². The van der Waals surface area contributed by atoms with E-state index in [-0.39, 0.29) is 21.7 Å². The van der Waals surface area contributed by atoms with Gasteiger partial charge in [-0.1, -0.05) is 23.5 Å². The molecule has 0 aliphatic rings. The molecule has 0 fully saturated rings. The van der Waals surface area contributed by atoms with Crippen LogP contribution in [0, 0.1) is 23.0 Å². The van der Waals surface area contributed by atoms with E-state index in [9.17, 15) is 18.4 Å². The van der Waals surface area contributed by atoms with Gasteiger partial charge in [-0.2, -0.15) is 5.26 Å². The van der Waals surface area contributed by atoms with Crippen LogP contribution in [0.15, 0.2) is 66.7 Å². The first-order valence-electron chi connectivity index (χ1n) is 9.79. The number of carbonyl (C=O) groups excluding carboxylic acids is 2. The molecule has 10 heteroatoms. The number of ketones is 1. The van der Waals surface area contributed by atoms with Crippen molar-refractivity contribution in [1.82, 2.24) is 4.98 Å². The average molecular weight is 475 g/mol. The number of nitriles is 1. The second kappa shape index (κ2) is 9.48. The summed E-state index contributed by atoms with van der Waals surface area (Å²) in [6.07, 6.45) is 0. The smallest absolute Gasteiger partial charge is 0.255 e. The van der Waals surface area contributed by atoms with E-state index in [1.54, 1.807) is 48.5 Å². The fraction of sp³-hybridized carbons (Fsp3) is 0. The first-order chi connectivity index (χ1) is 16.4. The van der Waals surface area contributed by atoms with Crippen LogP contribution < -0.4 is 16.4 Å². The van der Waals surface area contributed by atoms with Gasteiger partial charge >= 0.3 is 0 Å². The Morgan fingerprint density at radius 2 is 1.65 bits per heavy atom. The average Bonchev–Trinajstić information content (AvgIpc) is 3.19. The van der Waals surface area contributed by atoms with E-state index >= 15 is 0 Å². The number of anilines is 4. The molecule has 34 heavy (non-hydrogen) atoms. The van der Waals surface area contributed by atoms with Crippen molar-refractivity contribution in [3.8, 4) is 6.07 Å². The molecule has 3 aromatic carbocycles. The van der Waals surface area contributed by atoms with Crippen molar-refractivity contribution < 1.29 is 18.4 Å². The van der Waals surface area contributed by atoms with Crippen molar-refractivity contribution >= 4 is 45.4 Å². The molecule has 4 rings (SSSR count). The Morgan fingerprint density at radius 1 is 0.971 bits per heavy atom. The first kappa shape index (κ1) is 22.6. The lowest BCUT2D eigenvalue weighted by Crippen LogP contribution is -2.11. The summed E-state index contributed by atoms with van der Waals surface area (Å²) in [5, 5.41) is 14.9. The topological polar surface area (TPSA) is 121 Å². The summed E-state index contributed by atoms with van der Waals surface area (Å²) in [5.41, 5.74) is 6.96. The van der Waals surface area contributed by atoms with Crippen molar-refractivity contribution in [3.05, 3.63) is 99.9 Å². The Kier molecular flexibility index (Phi) is 6.29. The summed E-state index contributed by atoms with van der Waals surface area (Å²) < 4.78 is 27.9. The van der Waals surface area contributed by atoms with Gasteiger partial charge in [-0.25, -0.2) is 13.8 Å². The lowest BCUT2D eigenvalue weighted by atomic mass is 10.1. The van der Waals surface area contributed by atoms with E-state index in [0.717, 1.165) is 29.5 Å². The zero-order valence-corrected chi connectivity index (χ0v) is 18.1. The van der Waals surface area contributed by atoms with Gasteiger partial charge in [0.05, 0.1) is 17.2 Å². The van der Waals surface area contributed by atoms with Gasteiger partial charge in [0.25, 0.3) is 5.91 Å². The zero-order chi connectivity index (χ0) is 24.2. The van der Waals surface area contributed by atoms with Gasteiger partial charge in [-0.05, 0) is 54.6 Å². The molecule has 0 saturated carbocycles. The van der Waals surface area contributed by atoms with Gasteiger partial charge in [-0.3, -0.25) is 9.59 Å². The van der Waals surface area contributed by atoms with E-state index in [0.29, 0.717) is 22.5 Å². The molecule has 168 valence electrons. The Balaban J connectivity index is 1.47. The molecule has 1 heterocycles. The standard InChI is InChI=1S/C24H15F2N5O2S/c25-17-5-2-6-18(26)19(17)20(32)21-22(28)31-24(34-21)30-15-9-7-14(8-10-15)23(33)29-16-4-1-3-13(11-16)12-27/h1-11H,28H2,(H,29,33)(H,30,31). The van der Waals surface area contributed by atoms with Crippen LogP contribution in [0.3, 0.4) is 0 Å². The zero-order valence-electron chi connectivity index (χ0n) is 17.3. The molecule has 0 spiro atoms. The van der Waals surface area contributed by atoms with E-state index in [1.807, 2.05) is 6.07 Å². The monoisotopic (exact) mass is 475 g/mol. The molecule has 0 unspecified atom stereocenters. The number of hydrogen-bond donors (Lipinski definition) is 3. The van der Waals surface area contributed by atoms with Crippen LogP contribution in [0.4, 0.5) is 31.1 Å². The van der Waals surface area contributed by atoms with E-state index in [2.05, 4.69) is 15.6 Å². The highest BCUT2D eigenvalue weighted by atomic mass is 32.1. The summed E-state index contributed by atoms with van der Waals surface area (Å²) in [4.78, 5) is 29.0. The fourth-order valence-electron chi connectivity index (χ4n) is 3.07. The van der Waals surface area contributed by atoms with Crippen LogP contribution in [0.1, 0.15) is 31.2 Å². The molecule has 0 aliphatic carbocycles. The van der Waals surface area contributed by atoms with Crippen LogP contribution >= 0.6 is 11.3 Å². The highest BCUT2D eigenvalue weighted by Gasteiger charge is 2.24. The number of benzene rings is 3. The number of nitrogen functional groups attached to an aromatic ring is 1. The molecular weight excluding hydrogens is 460 g/mol. The predicted molar refractivity (Wildman–Crippen MR) is 125 cm³/mol. The first-order valence-corrected chi connectivity index (χ1v) is 10.6. The minimum atomic E-state index is -0.986. The fourth-order valence-corrected chi connectivity index (χ4v) is 3.93. The SMILES string of the molecule is N#Cc1cccc(NC(=O)c2ccc(Nc3nc(N)c(C(=O)c4c(F)cccc4F)s3)cc2)c1. The van der Waals surface area contributed by atoms with Gasteiger partial charge in [0.1, 0.15) is 22.3 Å². The minimum absolute atomic E-state index is 0.0953. The van der Waals surface area contributed by atoms with E-state index < -0.39 is 23.0 Å². The van der Waals surface area contributed by atoms with Gasteiger partial charge in [-0.15, -0.1) is 0 Å². The van der Waals surface area contributed by atoms with Gasteiger partial charge in [0.15, 0.2) is 5.13 Å². The molecule has 0 atom stereocenters. The largest absolute Gasteiger partial charge is 0.382 e. The Morgan fingerprint density at radius 3 is 2.32 bits per heavy atom. The molecule has 7 nitrogen and oxygen atoms in total. The quantitative estimate of drug-likeness (QED) is 0.334. The Labute approximate surface area is 196 Å². The number of aromatic nitrogens is 1. The number of amides is 1. The molecule has 1 amide bonds. The normalized spacial score (nSPS) is 10.4. The third kappa shape index (κ3) is 4.74. The molecule has 4 N–H and O–H groups in total. The van der Waals surface area contributed by atoms with Crippen LogP contribution in [-0.4, -0.2) is 16.7 Å². The number of halogens is 2. The molecule has 4 aromatic rings. The summed E-state index contributed by atoms with van der Waals surface area (Å²) in [5.74, 6) is -3.39. The molecule has 1 aromatic heterocycles. The molecular formula is C24H15F2N5O2S. The summed E-state index contributed by atoms with van der Waals surface area (Å²) >= 11 is 0.855. The Bertz CT molecular complexity index is 1420. The number of rotatable bonds is 6. The highest BCUT2D eigenvalue weighted by molar-refractivity contribution is 7.18. The summed E-state index contributed by atoms with van der Waals surface area (Å²) in [6.45, 7) is 0. The van der Waals surface area contributed by atoms with Crippen molar-refractivity contribution in [1.29, 1.82) is 5.26 Å². The van der Waals surface area contributed by atoms with Gasteiger partial charge < -0.3 is 16.4 Å². The summed E-state index contributed by atoms with van der Waals surface area (Å²) in [6, 6.07) is 18.1. The number of nitrogens with zero attached hydrogens (tertiary/aromatic N) is 2. The lowest BCUT2D eigenvalue weighted by molar-refractivity contribution is 0.102. The number of nitrogens with one attached hydrogen (secondary N) is 2. The van der Waals surface area contributed by atoms with Crippen molar-refractivity contribution in [2.75, 3.05) is 16.4 Å². The number of carbonyl (C=O) groups is 2. The van der Waals surface area contributed by atoms with E-state index in [1.165, 1.54) is 0 Å². The molecule has 0 saturated heterocycles. The van der Waals surface area contributed by atoms with Gasteiger partial charge in [0.2, 0.25) is 5.78 Å². The lowest BCUT2D eigenvalue weighted by Gasteiger charge is -2.07. The van der Waals surface area contributed by atoms with Crippen LogP contribution in [0.25, 0.3) is 0 Å². The minimum Gasteiger partial charge on any atom is -0.382 e. The summed E-state index contributed by atoms with van der Waals surface area (Å²) in [7, 11) is 0. The van der Waals surface area contributed by atoms with Crippen molar-refractivity contribution in [2.24, 2.45) is 0 Å². The third-order valence-corrected chi connectivity index (χ3v) is 5.68. The van der Waals surface area contributed by atoms with Gasteiger partial charge in [0, 0.05) is 16.9 Å². The van der Waals surface area contributed by atoms with Crippen molar-refractivity contribution in [3.63, 3.8) is 0 Å². The maximum atomic E-state index is 14.0. The molecule has 0 bridgehead atoms. The van der Waals surface area contributed by atoms with Crippen LogP contribution in [0.5, 0.6) is 0 Å². The Hall–Kier alpha value is -4.62. The second-order valence-electron chi connectivity index (χ2n) is 7.01. The number of nitrogens with two attached hydrogens (primary N) is 1. The second-order valence-corrected chi connectivity index (χ2v) is 8.01. The maximum Gasteiger partial charge on any atom is 0.255 e. The van der Waals surface area contributed by atoms with Crippen molar-refractivity contribution in [2.45, 2.75) is 0 Å². The molecule has 0 radical (unpaired) electrons. The van der Waals surface area contributed by atoms with Crippen LogP contribution in [0.2, 0.25) is 0 Å². The maximum absolute atomic E-state index is 14.0. The van der Waals surface area contributed by atoms with Crippen LogP contribution in [-0.2, 0) is 0 Å². The number of thiazole rings is 1.